The SMILES string of the molecule is O=CCNC(=O)c1cccc2ccncc12. The highest BCUT2D eigenvalue weighted by Gasteiger charge is 2.08. The topological polar surface area (TPSA) is 59.1 Å². The van der Waals surface area contributed by atoms with Crippen molar-refractivity contribution in [2.75, 3.05) is 6.54 Å². The normalized spacial score (nSPS) is 10.0. The lowest BCUT2D eigenvalue weighted by molar-refractivity contribution is -0.107. The van der Waals surface area contributed by atoms with E-state index in [1.807, 2.05) is 12.1 Å². The van der Waals surface area contributed by atoms with E-state index in [1.54, 1.807) is 24.5 Å². The Labute approximate surface area is 92.3 Å². The van der Waals surface area contributed by atoms with Crippen molar-refractivity contribution >= 4 is 23.0 Å². The first-order valence-electron chi connectivity index (χ1n) is 4.87. The molecule has 1 aromatic carbocycles. The smallest absolute Gasteiger partial charge is 0.252 e. The molecule has 4 nitrogen and oxygen atoms in total. The van der Waals surface area contributed by atoms with Gasteiger partial charge < -0.3 is 10.1 Å². The molecule has 4 heteroatoms. The van der Waals surface area contributed by atoms with Crippen molar-refractivity contribution in [3.8, 4) is 0 Å². The van der Waals surface area contributed by atoms with Gasteiger partial charge in [-0.3, -0.25) is 9.78 Å². The lowest BCUT2D eigenvalue weighted by atomic mass is 10.1. The molecule has 1 N–H and O–H groups in total. The van der Waals surface area contributed by atoms with Crippen LogP contribution < -0.4 is 5.32 Å². The molecule has 0 radical (unpaired) electrons. The van der Waals surface area contributed by atoms with Gasteiger partial charge in [0.15, 0.2) is 0 Å². The Morgan fingerprint density at radius 3 is 3.06 bits per heavy atom. The fourth-order valence-corrected chi connectivity index (χ4v) is 1.54. The summed E-state index contributed by atoms with van der Waals surface area (Å²) in [5.41, 5.74) is 0.535. The Balaban J connectivity index is 2.44. The first kappa shape index (κ1) is 10.3. The van der Waals surface area contributed by atoms with Crippen LogP contribution in [0.25, 0.3) is 10.8 Å². The molecule has 0 aliphatic carbocycles. The van der Waals surface area contributed by atoms with Crippen LogP contribution in [0.1, 0.15) is 10.4 Å². The molecule has 1 aromatic heterocycles. The molecule has 0 bridgehead atoms. The van der Waals surface area contributed by atoms with Gasteiger partial charge in [0.25, 0.3) is 5.91 Å². The molecule has 1 heterocycles. The number of hydrogen-bond acceptors (Lipinski definition) is 3. The fourth-order valence-electron chi connectivity index (χ4n) is 1.54. The van der Waals surface area contributed by atoms with Gasteiger partial charge in [-0.2, -0.15) is 0 Å². The molecule has 2 rings (SSSR count). The van der Waals surface area contributed by atoms with Crippen LogP contribution in [0.2, 0.25) is 0 Å². The predicted molar refractivity (Wildman–Crippen MR) is 60.1 cm³/mol. The van der Waals surface area contributed by atoms with Gasteiger partial charge in [-0.25, -0.2) is 0 Å². The van der Waals surface area contributed by atoms with Crippen LogP contribution in [0.5, 0.6) is 0 Å². The summed E-state index contributed by atoms with van der Waals surface area (Å²) in [4.78, 5) is 25.9. The summed E-state index contributed by atoms with van der Waals surface area (Å²) < 4.78 is 0. The second kappa shape index (κ2) is 4.53. The summed E-state index contributed by atoms with van der Waals surface area (Å²) in [6.45, 7) is 0.0233. The molecule has 0 saturated heterocycles. The van der Waals surface area contributed by atoms with Crippen molar-refractivity contribution in [1.82, 2.24) is 10.3 Å². The van der Waals surface area contributed by atoms with Crippen LogP contribution in [-0.4, -0.2) is 23.7 Å². The van der Waals surface area contributed by atoms with Crippen LogP contribution in [-0.2, 0) is 4.79 Å². The Bertz CT molecular complexity index is 532. The van der Waals surface area contributed by atoms with E-state index in [9.17, 15) is 9.59 Å². The van der Waals surface area contributed by atoms with E-state index in [4.69, 9.17) is 0 Å². The number of nitrogens with one attached hydrogen (secondary N) is 1. The zero-order valence-corrected chi connectivity index (χ0v) is 8.51. The van der Waals surface area contributed by atoms with Crippen LogP contribution in [0.3, 0.4) is 0 Å². The van der Waals surface area contributed by atoms with Gasteiger partial charge in [0.1, 0.15) is 6.29 Å². The van der Waals surface area contributed by atoms with E-state index >= 15 is 0 Å². The minimum atomic E-state index is -0.259. The predicted octanol–water partition coefficient (Wildman–Crippen LogP) is 1.16. The summed E-state index contributed by atoms with van der Waals surface area (Å²) in [7, 11) is 0. The van der Waals surface area contributed by atoms with Gasteiger partial charge >= 0.3 is 0 Å². The van der Waals surface area contributed by atoms with E-state index in [-0.39, 0.29) is 12.5 Å². The summed E-state index contributed by atoms with van der Waals surface area (Å²) in [6.07, 6.45) is 3.97. The molecule has 1 amide bonds. The third-order valence-electron chi connectivity index (χ3n) is 2.27. The number of carbonyl (C=O) groups is 2. The molecule has 0 aliphatic heterocycles. The van der Waals surface area contributed by atoms with E-state index in [0.717, 1.165) is 10.8 Å². The quantitative estimate of drug-likeness (QED) is 0.780. The molecular weight excluding hydrogens is 204 g/mol. The molecule has 2 aromatic rings. The second-order valence-corrected chi connectivity index (χ2v) is 3.28. The number of nitrogens with zero attached hydrogens (tertiary/aromatic N) is 1. The molecule has 0 unspecified atom stereocenters. The van der Waals surface area contributed by atoms with Gasteiger partial charge in [-0.1, -0.05) is 12.1 Å². The van der Waals surface area contributed by atoms with Gasteiger partial charge in [0.2, 0.25) is 0 Å². The highest BCUT2D eigenvalue weighted by molar-refractivity contribution is 6.07. The van der Waals surface area contributed by atoms with Crippen LogP contribution >= 0.6 is 0 Å². The third-order valence-corrected chi connectivity index (χ3v) is 2.27. The number of benzene rings is 1. The van der Waals surface area contributed by atoms with Crippen molar-refractivity contribution in [2.45, 2.75) is 0 Å². The van der Waals surface area contributed by atoms with E-state index in [1.165, 1.54) is 0 Å². The number of aromatic nitrogens is 1. The Morgan fingerprint density at radius 2 is 2.25 bits per heavy atom. The number of rotatable bonds is 3. The number of hydrogen-bond donors (Lipinski definition) is 1. The van der Waals surface area contributed by atoms with Crippen molar-refractivity contribution in [3.63, 3.8) is 0 Å². The van der Waals surface area contributed by atoms with Crippen molar-refractivity contribution in [1.29, 1.82) is 0 Å². The van der Waals surface area contributed by atoms with Crippen LogP contribution in [0.15, 0.2) is 36.7 Å². The first-order chi connectivity index (χ1) is 7.83. The number of carbonyl (C=O) groups excluding carboxylic acids is 2. The maximum Gasteiger partial charge on any atom is 0.252 e. The fraction of sp³-hybridized carbons (Fsp3) is 0.0833. The van der Waals surface area contributed by atoms with Crippen molar-refractivity contribution in [3.05, 3.63) is 42.2 Å². The highest BCUT2D eigenvalue weighted by Crippen LogP contribution is 2.16. The lowest BCUT2D eigenvalue weighted by Gasteiger charge is -2.05. The maximum absolute atomic E-state index is 11.7. The molecule has 0 fully saturated rings. The largest absolute Gasteiger partial charge is 0.345 e. The summed E-state index contributed by atoms with van der Waals surface area (Å²) >= 11 is 0. The molecule has 80 valence electrons. The summed E-state index contributed by atoms with van der Waals surface area (Å²) in [6, 6.07) is 7.27. The number of fused-ring (bicyclic) bond motifs is 1. The molecule has 16 heavy (non-hydrogen) atoms. The average Bonchev–Trinajstić information content (AvgIpc) is 2.35. The summed E-state index contributed by atoms with van der Waals surface area (Å²) in [5, 5.41) is 4.24. The highest BCUT2D eigenvalue weighted by atomic mass is 16.2. The molecule has 0 saturated carbocycles. The molecule has 0 aliphatic rings. The van der Waals surface area contributed by atoms with Crippen molar-refractivity contribution < 1.29 is 9.59 Å². The first-order valence-corrected chi connectivity index (χ1v) is 4.87. The molecule has 0 atom stereocenters. The Kier molecular flexibility index (Phi) is 2.91. The summed E-state index contributed by atoms with van der Waals surface area (Å²) in [5.74, 6) is -0.259. The third kappa shape index (κ3) is 1.91. The van der Waals surface area contributed by atoms with Crippen LogP contribution in [0, 0.1) is 0 Å². The van der Waals surface area contributed by atoms with Gasteiger partial charge in [-0.15, -0.1) is 0 Å². The number of pyridine rings is 1. The zero-order chi connectivity index (χ0) is 11.4. The second-order valence-electron chi connectivity index (χ2n) is 3.28. The minimum Gasteiger partial charge on any atom is -0.345 e. The Morgan fingerprint density at radius 1 is 1.38 bits per heavy atom. The van der Waals surface area contributed by atoms with Gasteiger partial charge in [0.05, 0.1) is 6.54 Å². The lowest BCUT2D eigenvalue weighted by Crippen LogP contribution is -2.25. The number of aldehydes is 1. The molecule has 0 spiro atoms. The van der Waals surface area contributed by atoms with E-state index < -0.39 is 0 Å². The monoisotopic (exact) mass is 214 g/mol. The molecular formula is C12H10N2O2. The average molecular weight is 214 g/mol. The maximum atomic E-state index is 11.7. The number of amides is 1. The van der Waals surface area contributed by atoms with Crippen LogP contribution in [0.4, 0.5) is 0 Å². The van der Waals surface area contributed by atoms with Crippen molar-refractivity contribution in [2.24, 2.45) is 0 Å². The minimum absolute atomic E-state index is 0.0233. The van der Waals surface area contributed by atoms with Gasteiger partial charge in [0, 0.05) is 23.3 Å². The standard InChI is InChI=1S/C12H10N2O2/c15-7-6-14-12(16)10-3-1-2-9-4-5-13-8-11(9)10/h1-5,7-8H,6H2,(H,14,16). The van der Waals surface area contributed by atoms with Gasteiger partial charge in [-0.05, 0) is 17.5 Å². The Hall–Kier alpha value is -2.23. The zero-order valence-electron chi connectivity index (χ0n) is 8.51. The van der Waals surface area contributed by atoms with E-state index in [2.05, 4.69) is 10.3 Å². The van der Waals surface area contributed by atoms with E-state index in [0.29, 0.717) is 11.8 Å².